The number of aliphatic imine (C=N–C) groups is 1. The number of benzene rings is 1. The van der Waals surface area contributed by atoms with Crippen LogP contribution < -0.4 is 4.90 Å². The van der Waals surface area contributed by atoms with E-state index in [-0.39, 0.29) is 5.57 Å². The van der Waals surface area contributed by atoms with Crippen molar-refractivity contribution >= 4 is 24.6 Å². The van der Waals surface area contributed by atoms with E-state index in [9.17, 15) is 9.18 Å². The van der Waals surface area contributed by atoms with E-state index >= 15 is 0 Å². The fourth-order valence-electron chi connectivity index (χ4n) is 1.74. The predicted molar refractivity (Wildman–Crippen MR) is 98.0 cm³/mol. The zero-order valence-corrected chi connectivity index (χ0v) is 14.5. The molecule has 0 saturated carbocycles. The van der Waals surface area contributed by atoms with E-state index in [0.717, 1.165) is 5.56 Å². The van der Waals surface area contributed by atoms with Gasteiger partial charge >= 0.3 is 6.09 Å². The molecule has 0 N–H and O–H groups in total. The van der Waals surface area contributed by atoms with E-state index in [1.165, 1.54) is 11.0 Å². The summed E-state index contributed by atoms with van der Waals surface area (Å²) in [5.74, 6) is -0.678. The summed E-state index contributed by atoms with van der Waals surface area (Å²) in [5, 5.41) is 0. The maximum atomic E-state index is 13.4. The topological polar surface area (TPSA) is 41.9 Å². The van der Waals surface area contributed by atoms with E-state index in [1.54, 1.807) is 31.3 Å². The molecule has 0 heterocycles. The normalized spacial score (nSPS) is 12.5. The van der Waals surface area contributed by atoms with Crippen LogP contribution in [-0.4, -0.2) is 25.5 Å². The molecular formula is C19H23FN2O2. The largest absolute Gasteiger partial charge is 0.443 e. The highest BCUT2D eigenvalue weighted by Crippen LogP contribution is 2.19. The minimum atomic E-state index is -0.678. The molecule has 0 spiro atoms. The lowest BCUT2D eigenvalue weighted by Crippen LogP contribution is -2.34. The van der Waals surface area contributed by atoms with Crippen LogP contribution in [0.25, 0.3) is 6.08 Å². The number of anilines is 1. The molecule has 1 amide bonds. The Morgan fingerprint density at radius 3 is 2.33 bits per heavy atom. The van der Waals surface area contributed by atoms with Crippen LogP contribution in [0.3, 0.4) is 0 Å². The molecule has 1 aromatic carbocycles. The molecule has 4 nitrogen and oxygen atoms in total. The third-order valence-corrected chi connectivity index (χ3v) is 3.00. The van der Waals surface area contributed by atoms with E-state index in [2.05, 4.69) is 18.3 Å². The van der Waals surface area contributed by atoms with Gasteiger partial charge in [-0.15, -0.1) is 0 Å². The van der Waals surface area contributed by atoms with Crippen molar-refractivity contribution in [1.82, 2.24) is 0 Å². The molecule has 128 valence electrons. The SMILES string of the molecule is C=CC(/C=C/c1ccc(N(C)C(=O)OC(C)(C)C)cc1)=C(/F)N=C. The molecule has 1 rings (SSSR count). The number of hydrogen-bond acceptors (Lipinski definition) is 3. The third kappa shape index (κ3) is 5.83. The minimum absolute atomic E-state index is 0.250. The van der Waals surface area contributed by atoms with Gasteiger partial charge in [0.15, 0.2) is 0 Å². The summed E-state index contributed by atoms with van der Waals surface area (Å²) in [7, 11) is 1.64. The van der Waals surface area contributed by atoms with Crippen molar-refractivity contribution in [2.24, 2.45) is 4.99 Å². The molecule has 0 saturated heterocycles. The molecular weight excluding hydrogens is 307 g/mol. The first kappa shape index (κ1) is 19.4. The molecule has 0 radical (unpaired) electrons. The van der Waals surface area contributed by atoms with Crippen molar-refractivity contribution in [2.45, 2.75) is 26.4 Å². The van der Waals surface area contributed by atoms with Crippen LogP contribution in [-0.2, 0) is 4.74 Å². The lowest BCUT2D eigenvalue weighted by atomic mass is 10.1. The van der Waals surface area contributed by atoms with Crippen molar-refractivity contribution in [2.75, 3.05) is 11.9 Å². The number of nitrogens with zero attached hydrogens (tertiary/aromatic N) is 2. The Morgan fingerprint density at radius 1 is 1.29 bits per heavy atom. The second-order valence-electron chi connectivity index (χ2n) is 6.07. The van der Waals surface area contributed by atoms with Gasteiger partial charge in [0.05, 0.1) is 0 Å². The molecule has 0 aromatic heterocycles. The summed E-state index contributed by atoms with van der Waals surface area (Å²) >= 11 is 0. The number of allylic oxidation sites excluding steroid dienone is 3. The molecule has 24 heavy (non-hydrogen) atoms. The summed E-state index contributed by atoms with van der Waals surface area (Å²) < 4.78 is 18.7. The van der Waals surface area contributed by atoms with Crippen LogP contribution >= 0.6 is 0 Å². The number of rotatable bonds is 5. The van der Waals surface area contributed by atoms with Crippen LogP contribution in [0.5, 0.6) is 0 Å². The van der Waals surface area contributed by atoms with Gasteiger partial charge in [0.25, 0.3) is 0 Å². The Labute approximate surface area is 142 Å². The molecule has 0 bridgehead atoms. The van der Waals surface area contributed by atoms with E-state index < -0.39 is 17.6 Å². The number of carbonyl (C=O) groups excluding carboxylic acids is 1. The smallest absolute Gasteiger partial charge is 0.414 e. The van der Waals surface area contributed by atoms with Crippen molar-refractivity contribution in [3.05, 3.63) is 60.1 Å². The van der Waals surface area contributed by atoms with Gasteiger partial charge in [-0.05, 0) is 51.3 Å². The van der Waals surface area contributed by atoms with Gasteiger partial charge in [0.1, 0.15) is 5.60 Å². The number of carbonyl (C=O) groups is 1. The molecule has 0 aliphatic carbocycles. The Hall–Kier alpha value is -2.69. The molecule has 0 unspecified atom stereocenters. The first-order chi connectivity index (χ1) is 11.2. The van der Waals surface area contributed by atoms with Gasteiger partial charge in [-0.2, -0.15) is 4.39 Å². The third-order valence-electron chi connectivity index (χ3n) is 3.00. The van der Waals surface area contributed by atoms with E-state index in [1.807, 2.05) is 32.9 Å². The molecule has 0 atom stereocenters. The average molecular weight is 330 g/mol. The zero-order valence-electron chi connectivity index (χ0n) is 14.5. The van der Waals surface area contributed by atoms with Gasteiger partial charge in [0, 0.05) is 18.3 Å². The molecule has 5 heteroatoms. The van der Waals surface area contributed by atoms with Crippen LogP contribution in [0.15, 0.2) is 59.5 Å². The standard InChI is InChI=1S/C19H23FN2O2/c1-7-15(17(20)21-5)11-8-14-9-12-16(13-10-14)22(6)18(23)24-19(2,3)4/h7-13H,1,5H2,2-4,6H3/b11-8+,17-15+. The van der Waals surface area contributed by atoms with Gasteiger partial charge in [0.2, 0.25) is 5.95 Å². The summed E-state index contributed by atoms with van der Waals surface area (Å²) in [6.45, 7) is 12.1. The number of hydrogen-bond donors (Lipinski definition) is 0. The maximum Gasteiger partial charge on any atom is 0.414 e. The summed E-state index contributed by atoms with van der Waals surface area (Å²) in [5.41, 5.74) is 1.23. The lowest BCUT2D eigenvalue weighted by Gasteiger charge is -2.24. The van der Waals surface area contributed by atoms with Gasteiger partial charge < -0.3 is 4.74 Å². The Balaban J connectivity index is 2.88. The first-order valence-electron chi connectivity index (χ1n) is 7.41. The summed E-state index contributed by atoms with van der Waals surface area (Å²) in [6, 6.07) is 7.19. The van der Waals surface area contributed by atoms with Gasteiger partial charge in [-0.3, -0.25) is 4.90 Å². The van der Waals surface area contributed by atoms with Crippen LogP contribution in [0.2, 0.25) is 0 Å². The lowest BCUT2D eigenvalue weighted by molar-refractivity contribution is 0.0589. The van der Waals surface area contributed by atoms with E-state index in [4.69, 9.17) is 4.74 Å². The second kappa shape index (κ2) is 8.24. The predicted octanol–water partition coefficient (Wildman–Crippen LogP) is 5.14. The highest BCUT2D eigenvalue weighted by Gasteiger charge is 2.20. The summed E-state index contributed by atoms with van der Waals surface area (Å²) in [6.07, 6.45) is 4.22. The van der Waals surface area contributed by atoms with Crippen LogP contribution in [0, 0.1) is 0 Å². The highest BCUT2D eigenvalue weighted by atomic mass is 19.1. The Bertz CT molecular complexity index is 668. The number of halogens is 1. The fourth-order valence-corrected chi connectivity index (χ4v) is 1.74. The summed E-state index contributed by atoms with van der Waals surface area (Å²) in [4.78, 5) is 16.7. The first-order valence-corrected chi connectivity index (χ1v) is 7.41. The fraction of sp³-hybridized carbons (Fsp3) is 0.263. The van der Waals surface area contributed by atoms with Crippen molar-refractivity contribution in [1.29, 1.82) is 0 Å². The van der Waals surface area contributed by atoms with Crippen molar-refractivity contribution in [3.8, 4) is 0 Å². The van der Waals surface area contributed by atoms with Crippen LogP contribution in [0.4, 0.5) is 14.9 Å². The zero-order chi connectivity index (χ0) is 18.3. The second-order valence-corrected chi connectivity index (χ2v) is 6.07. The molecule has 1 aromatic rings. The molecule has 0 fully saturated rings. The quantitative estimate of drug-likeness (QED) is 0.426. The maximum absolute atomic E-state index is 13.4. The average Bonchev–Trinajstić information content (AvgIpc) is 2.53. The molecule has 0 aliphatic heterocycles. The van der Waals surface area contributed by atoms with Crippen LogP contribution in [0.1, 0.15) is 26.3 Å². The highest BCUT2D eigenvalue weighted by molar-refractivity contribution is 5.87. The van der Waals surface area contributed by atoms with Gasteiger partial charge in [-0.25, -0.2) is 9.79 Å². The monoisotopic (exact) mass is 330 g/mol. The Morgan fingerprint density at radius 2 is 1.88 bits per heavy atom. The van der Waals surface area contributed by atoms with Crippen molar-refractivity contribution < 1.29 is 13.9 Å². The van der Waals surface area contributed by atoms with Crippen molar-refractivity contribution in [3.63, 3.8) is 0 Å². The minimum Gasteiger partial charge on any atom is -0.443 e. The Kier molecular flexibility index (Phi) is 6.65. The number of ether oxygens (including phenoxy) is 1. The van der Waals surface area contributed by atoms with Gasteiger partial charge in [-0.1, -0.05) is 30.9 Å². The molecule has 0 aliphatic rings. The number of amides is 1. The van der Waals surface area contributed by atoms with E-state index in [0.29, 0.717) is 5.69 Å².